The molecule has 1 amide bonds. The molecule has 0 aliphatic carbocycles. The first-order valence-electron chi connectivity index (χ1n) is 7.06. The van der Waals surface area contributed by atoms with Crippen LogP contribution in [0, 0.1) is 6.92 Å². The number of furan rings is 1. The van der Waals surface area contributed by atoms with E-state index < -0.39 is 0 Å². The van der Waals surface area contributed by atoms with E-state index in [1.165, 1.54) is 7.11 Å². The maximum Gasteiger partial charge on any atom is 0.307 e. The van der Waals surface area contributed by atoms with E-state index in [0.717, 1.165) is 5.56 Å². The normalized spacial score (nSPS) is 10.3. The van der Waals surface area contributed by atoms with Crippen molar-refractivity contribution < 1.29 is 18.7 Å². The number of ether oxygens (including phenoxy) is 1. The van der Waals surface area contributed by atoms with E-state index in [9.17, 15) is 9.59 Å². The molecule has 116 valence electrons. The molecule has 0 radical (unpaired) electrons. The van der Waals surface area contributed by atoms with Crippen molar-refractivity contribution in [1.29, 1.82) is 0 Å². The second-order valence-corrected chi connectivity index (χ2v) is 4.95. The molecule has 0 atom stereocenters. The van der Waals surface area contributed by atoms with Crippen LogP contribution in [0.1, 0.15) is 28.1 Å². The van der Waals surface area contributed by atoms with Gasteiger partial charge in [0.05, 0.1) is 26.3 Å². The number of hydrogen-bond acceptors (Lipinski definition) is 4. The van der Waals surface area contributed by atoms with Crippen molar-refractivity contribution >= 4 is 11.9 Å². The molecule has 5 nitrogen and oxygen atoms in total. The molecule has 0 saturated carbocycles. The second kappa shape index (κ2) is 7.45. The Morgan fingerprint density at radius 2 is 1.95 bits per heavy atom. The van der Waals surface area contributed by atoms with Crippen molar-refractivity contribution in [2.75, 3.05) is 13.7 Å². The molecule has 0 aliphatic rings. The first-order valence-corrected chi connectivity index (χ1v) is 7.06. The van der Waals surface area contributed by atoms with Crippen molar-refractivity contribution in [3.05, 3.63) is 59.5 Å². The van der Waals surface area contributed by atoms with E-state index in [0.29, 0.717) is 17.9 Å². The third-order valence-electron chi connectivity index (χ3n) is 3.40. The van der Waals surface area contributed by atoms with Gasteiger partial charge in [-0.15, -0.1) is 0 Å². The highest BCUT2D eigenvalue weighted by atomic mass is 16.5. The Morgan fingerprint density at radius 3 is 2.59 bits per heavy atom. The van der Waals surface area contributed by atoms with Gasteiger partial charge in [0.1, 0.15) is 5.76 Å². The van der Waals surface area contributed by atoms with Gasteiger partial charge in [0.2, 0.25) is 0 Å². The summed E-state index contributed by atoms with van der Waals surface area (Å²) in [5.74, 6) is 0.201. The minimum atomic E-state index is -0.345. The number of carbonyl (C=O) groups excluding carboxylic acids is 2. The van der Waals surface area contributed by atoms with Crippen molar-refractivity contribution in [1.82, 2.24) is 4.90 Å². The third-order valence-corrected chi connectivity index (χ3v) is 3.40. The maximum atomic E-state index is 12.7. The summed E-state index contributed by atoms with van der Waals surface area (Å²) in [6.07, 6.45) is 1.71. The molecule has 0 bridgehead atoms. The molecular weight excluding hydrogens is 282 g/mol. The first kappa shape index (κ1) is 15.8. The van der Waals surface area contributed by atoms with Crippen molar-refractivity contribution in [3.8, 4) is 0 Å². The number of rotatable bonds is 6. The molecule has 5 heteroatoms. The Bertz CT molecular complexity index is 634. The summed E-state index contributed by atoms with van der Waals surface area (Å²) in [7, 11) is 1.34. The molecule has 0 fully saturated rings. The van der Waals surface area contributed by atoms with Crippen LogP contribution in [-0.4, -0.2) is 30.4 Å². The maximum absolute atomic E-state index is 12.7. The van der Waals surface area contributed by atoms with E-state index in [1.807, 2.05) is 25.1 Å². The Morgan fingerprint density at radius 1 is 1.18 bits per heavy atom. The van der Waals surface area contributed by atoms with Crippen LogP contribution in [0.15, 0.2) is 47.1 Å². The van der Waals surface area contributed by atoms with Gasteiger partial charge < -0.3 is 14.1 Å². The number of esters is 1. The fourth-order valence-electron chi connectivity index (χ4n) is 2.15. The zero-order valence-corrected chi connectivity index (χ0v) is 12.7. The lowest BCUT2D eigenvalue weighted by atomic mass is 10.1. The molecule has 2 aromatic rings. The van der Waals surface area contributed by atoms with Crippen LogP contribution in [-0.2, 0) is 16.1 Å². The van der Waals surface area contributed by atoms with Gasteiger partial charge in [0.15, 0.2) is 0 Å². The minimum absolute atomic E-state index is 0.126. The first-order chi connectivity index (χ1) is 10.6. The minimum Gasteiger partial charge on any atom is -0.469 e. The van der Waals surface area contributed by atoms with Crippen LogP contribution in [0.2, 0.25) is 0 Å². The van der Waals surface area contributed by atoms with Crippen molar-refractivity contribution in [2.45, 2.75) is 19.9 Å². The van der Waals surface area contributed by atoms with Crippen LogP contribution in [0.25, 0.3) is 0 Å². The largest absolute Gasteiger partial charge is 0.469 e. The predicted molar refractivity (Wildman–Crippen MR) is 81.3 cm³/mol. The van der Waals surface area contributed by atoms with E-state index in [1.54, 1.807) is 29.4 Å². The quantitative estimate of drug-likeness (QED) is 0.770. The number of nitrogens with zero attached hydrogens (tertiary/aromatic N) is 1. The number of amides is 1. The smallest absolute Gasteiger partial charge is 0.307 e. The van der Waals surface area contributed by atoms with Gasteiger partial charge >= 0.3 is 5.97 Å². The van der Waals surface area contributed by atoms with Gasteiger partial charge in [-0.2, -0.15) is 0 Å². The topological polar surface area (TPSA) is 59.8 Å². The average Bonchev–Trinajstić information content (AvgIpc) is 3.04. The molecule has 2 rings (SSSR count). The van der Waals surface area contributed by atoms with E-state index in [2.05, 4.69) is 4.74 Å². The fourth-order valence-corrected chi connectivity index (χ4v) is 2.15. The van der Waals surface area contributed by atoms with Gasteiger partial charge in [-0.1, -0.05) is 18.2 Å². The van der Waals surface area contributed by atoms with E-state index in [4.69, 9.17) is 4.42 Å². The molecule has 0 N–H and O–H groups in total. The molecule has 0 spiro atoms. The van der Waals surface area contributed by atoms with Gasteiger partial charge in [-0.25, -0.2) is 0 Å². The highest BCUT2D eigenvalue weighted by molar-refractivity contribution is 5.95. The van der Waals surface area contributed by atoms with Crippen molar-refractivity contribution in [2.24, 2.45) is 0 Å². The summed E-state index contributed by atoms with van der Waals surface area (Å²) < 4.78 is 9.95. The zero-order chi connectivity index (χ0) is 15.9. The monoisotopic (exact) mass is 301 g/mol. The van der Waals surface area contributed by atoms with Crippen LogP contribution in [0.3, 0.4) is 0 Å². The molecule has 1 aromatic carbocycles. The molecular formula is C17H19NO4. The van der Waals surface area contributed by atoms with Crippen molar-refractivity contribution in [3.63, 3.8) is 0 Å². The SMILES string of the molecule is COC(=O)CCN(Cc1ccco1)C(=O)c1ccccc1C. The zero-order valence-electron chi connectivity index (χ0n) is 12.7. The molecule has 0 unspecified atom stereocenters. The van der Waals surface area contributed by atoms with Crippen LogP contribution >= 0.6 is 0 Å². The third kappa shape index (κ3) is 3.97. The highest BCUT2D eigenvalue weighted by Crippen LogP contribution is 2.14. The summed E-state index contributed by atoms with van der Waals surface area (Å²) in [4.78, 5) is 25.7. The lowest BCUT2D eigenvalue weighted by Crippen LogP contribution is -2.33. The summed E-state index contributed by atoms with van der Waals surface area (Å²) >= 11 is 0. The lowest BCUT2D eigenvalue weighted by Gasteiger charge is -2.22. The summed E-state index contributed by atoms with van der Waals surface area (Å²) in [6.45, 7) is 2.48. The van der Waals surface area contributed by atoms with Crippen LogP contribution < -0.4 is 0 Å². The summed E-state index contributed by atoms with van der Waals surface area (Å²) in [5, 5.41) is 0. The Hall–Kier alpha value is -2.56. The Kier molecular flexibility index (Phi) is 5.36. The number of methoxy groups -OCH3 is 1. The summed E-state index contributed by atoms with van der Waals surface area (Å²) in [6, 6.07) is 11.0. The highest BCUT2D eigenvalue weighted by Gasteiger charge is 2.19. The number of benzene rings is 1. The van der Waals surface area contributed by atoms with Crippen LogP contribution in [0.5, 0.6) is 0 Å². The lowest BCUT2D eigenvalue weighted by molar-refractivity contribution is -0.140. The van der Waals surface area contributed by atoms with Gasteiger partial charge in [-0.05, 0) is 30.7 Å². The molecule has 1 heterocycles. The van der Waals surface area contributed by atoms with E-state index >= 15 is 0 Å². The Balaban J connectivity index is 2.17. The average molecular weight is 301 g/mol. The summed E-state index contributed by atoms with van der Waals surface area (Å²) in [5.41, 5.74) is 1.52. The Labute approximate surface area is 129 Å². The molecule has 0 saturated heterocycles. The standard InChI is InChI=1S/C17H19NO4/c1-13-6-3-4-8-15(13)17(20)18(10-9-16(19)21-2)12-14-7-5-11-22-14/h3-8,11H,9-10,12H2,1-2H3. The number of hydrogen-bond donors (Lipinski definition) is 0. The predicted octanol–water partition coefficient (Wildman–Crippen LogP) is 2.79. The van der Waals surface area contributed by atoms with Gasteiger partial charge in [0, 0.05) is 12.1 Å². The molecule has 22 heavy (non-hydrogen) atoms. The van der Waals surface area contributed by atoms with E-state index in [-0.39, 0.29) is 24.8 Å². The van der Waals surface area contributed by atoms with Crippen LogP contribution in [0.4, 0.5) is 0 Å². The van der Waals surface area contributed by atoms with Gasteiger partial charge in [-0.3, -0.25) is 9.59 Å². The second-order valence-electron chi connectivity index (χ2n) is 4.95. The molecule has 0 aliphatic heterocycles. The fraction of sp³-hybridized carbons (Fsp3) is 0.294. The number of carbonyl (C=O) groups is 2. The molecule has 1 aromatic heterocycles. The number of aryl methyl sites for hydroxylation is 1. The van der Waals surface area contributed by atoms with Gasteiger partial charge in [0.25, 0.3) is 5.91 Å².